The lowest BCUT2D eigenvalue weighted by molar-refractivity contribution is 0.398. The van der Waals surface area contributed by atoms with Crippen molar-refractivity contribution in [1.29, 1.82) is 5.26 Å². The van der Waals surface area contributed by atoms with Crippen LogP contribution < -0.4 is 10.1 Å². The van der Waals surface area contributed by atoms with Crippen LogP contribution in [0.4, 0.5) is 5.69 Å². The lowest BCUT2D eigenvalue weighted by atomic mass is 10.3. The van der Waals surface area contributed by atoms with Crippen molar-refractivity contribution in [3.8, 4) is 11.9 Å². The zero-order chi connectivity index (χ0) is 12.8. The van der Waals surface area contributed by atoms with Gasteiger partial charge in [0, 0.05) is 12.3 Å². The standard InChI is InChI=1S/C10H9N7O/c1-18-9-3-2-8(6-13-9)12-5-7(4-11)10-14-16-17-15-10/h2-3,5-6,12H,1H3,(H,14,15,16,17). The second-order valence-electron chi connectivity index (χ2n) is 3.14. The summed E-state index contributed by atoms with van der Waals surface area (Å²) in [5, 5.41) is 24.9. The van der Waals surface area contributed by atoms with Crippen LogP contribution in [0.15, 0.2) is 24.5 Å². The third-order valence-corrected chi connectivity index (χ3v) is 2.04. The third-order valence-electron chi connectivity index (χ3n) is 2.04. The van der Waals surface area contributed by atoms with Crippen molar-refractivity contribution >= 4 is 11.3 Å². The molecule has 0 radical (unpaired) electrons. The highest BCUT2D eigenvalue weighted by molar-refractivity contribution is 5.73. The first-order valence-corrected chi connectivity index (χ1v) is 4.94. The van der Waals surface area contributed by atoms with E-state index in [1.165, 1.54) is 6.20 Å². The average molecular weight is 243 g/mol. The number of nitriles is 1. The summed E-state index contributed by atoms with van der Waals surface area (Å²) in [5.74, 6) is 0.745. The molecular weight excluding hydrogens is 234 g/mol. The average Bonchev–Trinajstić information content (AvgIpc) is 2.94. The van der Waals surface area contributed by atoms with Gasteiger partial charge in [0.2, 0.25) is 11.7 Å². The molecule has 18 heavy (non-hydrogen) atoms. The Morgan fingerprint density at radius 3 is 3.00 bits per heavy atom. The predicted octanol–water partition coefficient (Wildman–Crippen LogP) is 0.580. The Labute approximate surface area is 102 Å². The molecule has 8 heteroatoms. The van der Waals surface area contributed by atoms with Gasteiger partial charge in [0.25, 0.3) is 0 Å². The van der Waals surface area contributed by atoms with Crippen LogP contribution in [-0.2, 0) is 0 Å². The van der Waals surface area contributed by atoms with E-state index in [9.17, 15) is 0 Å². The van der Waals surface area contributed by atoms with Crippen molar-refractivity contribution in [3.05, 3.63) is 30.4 Å². The molecule has 2 N–H and O–H groups in total. The number of hydrogen-bond acceptors (Lipinski definition) is 7. The van der Waals surface area contributed by atoms with E-state index in [0.717, 1.165) is 0 Å². The van der Waals surface area contributed by atoms with E-state index in [2.05, 4.69) is 30.9 Å². The molecule has 90 valence electrons. The number of tetrazole rings is 1. The number of pyridine rings is 1. The minimum atomic E-state index is 0.228. The molecule has 2 aromatic heterocycles. The molecule has 8 nitrogen and oxygen atoms in total. The molecule has 2 rings (SSSR count). The summed E-state index contributed by atoms with van der Waals surface area (Å²) in [6.07, 6.45) is 3.06. The molecule has 0 aliphatic rings. The molecule has 0 aliphatic carbocycles. The zero-order valence-electron chi connectivity index (χ0n) is 9.45. The number of allylic oxidation sites excluding steroid dienone is 1. The Morgan fingerprint density at radius 1 is 1.56 bits per heavy atom. The second-order valence-corrected chi connectivity index (χ2v) is 3.14. The topological polar surface area (TPSA) is 112 Å². The number of ether oxygens (including phenoxy) is 1. The number of aromatic nitrogens is 5. The molecule has 0 fully saturated rings. The Balaban J connectivity index is 2.11. The van der Waals surface area contributed by atoms with Crippen LogP contribution in [0.2, 0.25) is 0 Å². The van der Waals surface area contributed by atoms with Crippen molar-refractivity contribution in [2.45, 2.75) is 0 Å². The molecule has 2 aromatic rings. The molecule has 0 aromatic carbocycles. The number of methoxy groups -OCH3 is 1. The maximum atomic E-state index is 8.94. The summed E-state index contributed by atoms with van der Waals surface area (Å²) in [7, 11) is 1.54. The van der Waals surface area contributed by atoms with Crippen molar-refractivity contribution < 1.29 is 4.74 Å². The molecule has 0 saturated heterocycles. The lowest BCUT2D eigenvalue weighted by Gasteiger charge is -2.02. The summed E-state index contributed by atoms with van der Waals surface area (Å²) in [6, 6.07) is 5.44. The first kappa shape index (κ1) is 11.5. The molecule has 2 heterocycles. The van der Waals surface area contributed by atoms with Gasteiger partial charge >= 0.3 is 0 Å². The minimum absolute atomic E-state index is 0.228. The normalized spacial score (nSPS) is 10.8. The molecule has 0 bridgehead atoms. The van der Waals surface area contributed by atoms with E-state index >= 15 is 0 Å². The minimum Gasteiger partial charge on any atom is -0.481 e. The molecular formula is C10H9N7O. The number of hydrogen-bond donors (Lipinski definition) is 2. The van der Waals surface area contributed by atoms with Crippen LogP contribution in [0.1, 0.15) is 5.82 Å². The summed E-state index contributed by atoms with van der Waals surface area (Å²) in [5.41, 5.74) is 0.978. The number of nitrogens with zero attached hydrogens (tertiary/aromatic N) is 5. The van der Waals surface area contributed by atoms with Crippen molar-refractivity contribution in [2.24, 2.45) is 0 Å². The first-order valence-electron chi connectivity index (χ1n) is 4.94. The fourth-order valence-electron chi connectivity index (χ4n) is 1.16. The van der Waals surface area contributed by atoms with E-state index in [1.807, 2.05) is 6.07 Å². The number of anilines is 1. The van der Waals surface area contributed by atoms with Crippen LogP contribution in [0, 0.1) is 11.3 Å². The lowest BCUT2D eigenvalue weighted by Crippen LogP contribution is -1.94. The van der Waals surface area contributed by atoms with Crippen molar-refractivity contribution in [3.63, 3.8) is 0 Å². The largest absolute Gasteiger partial charge is 0.481 e. The van der Waals surface area contributed by atoms with Crippen LogP contribution in [-0.4, -0.2) is 32.7 Å². The quantitative estimate of drug-likeness (QED) is 0.755. The molecule has 0 unspecified atom stereocenters. The Hall–Kier alpha value is -2.95. The van der Waals surface area contributed by atoms with E-state index in [4.69, 9.17) is 10.00 Å². The number of H-pyrrole nitrogens is 1. The smallest absolute Gasteiger partial charge is 0.216 e. The van der Waals surface area contributed by atoms with Crippen LogP contribution in [0.5, 0.6) is 5.88 Å². The van der Waals surface area contributed by atoms with Crippen LogP contribution >= 0.6 is 0 Å². The van der Waals surface area contributed by atoms with Gasteiger partial charge in [-0.3, -0.25) is 0 Å². The van der Waals surface area contributed by atoms with Crippen molar-refractivity contribution in [2.75, 3.05) is 12.4 Å². The van der Waals surface area contributed by atoms with Gasteiger partial charge in [0.15, 0.2) is 0 Å². The number of aromatic amines is 1. The number of rotatable bonds is 4. The summed E-state index contributed by atoms with van der Waals surface area (Å²) in [6.45, 7) is 0. The first-order chi connectivity index (χ1) is 8.83. The Morgan fingerprint density at radius 2 is 2.44 bits per heavy atom. The van der Waals surface area contributed by atoms with Gasteiger partial charge in [-0.2, -0.15) is 10.5 Å². The van der Waals surface area contributed by atoms with Crippen LogP contribution in [0.25, 0.3) is 5.57 Å². The highest BCUT2D eigenvalue weighted by atomic mass is 16.5. The molecule has 0 atom stereocenters. The van der Waals surface area contributed by atoms with Gasteiger partial charge in [-0.05, 0) is 11.3 Å². The van der Waals surface area contributed by atoms with Crippen LogP contribution in [0.3, 0.4) is 0 Å². The van der Waals surface area contributed by atoms with Gasteiger partial charge < -0.3 is 10.1 Å². The fourth-order valence-corrected chi connectivity index (χ4v) is 1.16. The van der Waals surface area contributed by atoms with Crippen molar-refractivity contribution in [1.82, 2.24) is 25.6 Å². The maximum Gasteiger partial charge on any atom is 0.216 e. The van der Waals surface area contributed by atoms with Gasteiger partial charge in [0.05, 0.1) is 19.0 Å². The van der Waals surface area contributed by atoms with Gasteiger partial charge in [0.1, 0.15) is 11.6 Å². The molecule has 0 aliphatic heterocycles. The molecule has 0 saturated carbocycles. The summed E-state index contributed by atoms with van der Waals surface area (Å²) in [4.78, 5) is 4.02. The van der Waals surface area contributed by atoms with Gasteiger partial charge in [-0.25, -0.2) is 4.98 Å². The SMILES string of the molecule is COc1ccc(NC=C(C#N)c2nn[nH]n2)cn1. The van der Waals surface area contributed by atoms with Gasteiger partial charge in [-0.15, -0.1) is 10.2 Å². The van der Waals surface area contributed by atoms with E-state index in [1.54, 1.807) is 25.4 Å². The van der Waals surface area contributed by atoms with E-state index in [0.29, 0.717) is 11.6 Å². The summed E-state index contributed by atoms with van der Waals surface area (Å²) < 4.78 is 4.94. The third kappa shape index (κ3) is 2.59. The fraction of sp³-hybridized carbons (Fsp3) is 0.100. The van der Waals surface area contributed by atoms with E-state index in [-0.39, 0.29) is 11.4 Å². The number of nitrogens with one attached hydrogen (secondary N) is 2. The predicted molar refractivity (Wildman–Crippen MR) is 62.2 cm³/mol. The monoisotopic (exact) mass is 243 g/mol. The maximum absolute atomic E-state index is 8.94. The highest BCUT2D eigenvalue weighted by Gasteiger charge is 2.05. The summed E-state index contributed by atoms with van der Waals surface area (Å²) >= 11 is 0. The zero-order valence-corrected chi connectivity index (χ0v) is 9.45. The highest BCUT2D eigenvalue weighted by Crippen LogP contribution is 2.12. The second kappa shape index (κ2) is 5.40. The molecule has 0 amide bonds. The molecule has 0 spiro atoms. The Kier molecular flexibility index (Phi) is 3.46. The van der Waals surface area contributed by atoms with E-state index < -0.39 is 0 Å². The van der Waals surface area contributed by atoms with Gasteiger partial charge in [-0.1, -0.05) is 0 Å². The Bertz CT molecular complexity index is 567.